The number of aromatic nitrogens is 2. The van der Waals surface area contributed by atoms with E-state index in [4.69, 9.17) is 0 Å². The van der Waals surface area contributed by atoms with Crippen LogP contribution < -0.4 is 10.6 Å². The molecule has 0 saturated heterocycles. The van der Waals surface area contributed by atoms with Gasteiger partial charge in [0.05, 0.1) is 0 Å². The Balaban J connectivity index is 1.68. The van der Waals surface area contributed by atoms with E-state index in [0.29, 0.717) is 25.9 Å². The van der Waals surface area contributed by atoms with Crippen LogP contribution in [-0.2, 0) is 22.6 Å². The summed E-state index contributed by atoms with van der Waals surface area (Å²) in [6.45, 7) is 4.72. The Morgan fingerprint density at radius 3 is 2.22 bits per heavy atom. The van der Waals surface area contributed by atoms with E-state index in [9.17, 15) is 9.59 Å². The lowest BCUT2D eigenvalue weighted by Crippen LogP contribution is -2.30. The van der Waals surface area contributed by atoms with Gasteiger partial charge in [-0.1, -0.05) is 42.1 Å². The van der Waals surface area contributed by atoms with E-state index in [1.54, 1.807) is 0 Å². The van der Waals surface area contributed by atoms with Crippen LogP contribution in [0.25, 0.3) is 0 Å². The average molecular weight is 387 g/mol. The molecule has 6 nitrogen and oxygen atoms in total. The van der Waals surface area contributed by atoms with Crippen LogP contribution in [0.5, 0.6) is 0 Å². The molecule has 7 heteroatoms. The standard InChI is InChI=1S/C20H26N4O2S/c1-14-17(15(2)24-20(23-14)27-3)9-10-18(25)21-12-11-19(26)22-13-16-7-5-4-6-8-16/h4-8H,9-13H2,1-3H3,(H,21,25)(H,22,26). The molecule has 2 aromatic rings. The van der Waals surface area contributed by atoms with Gasteiger partial charge in [-0.15, -0.1) is 0 Å². The van der Waals surface area contributed by atoms with Crippen molar-refractivity contribution in [3.63, 3.8) is 0 Å². The zero-order valence-corrected chi connectivity index (χ0v) is 16.9. The SMILES string of the molecule is CSc1nc(C)c(CCC(=O)NCCC(=O)NCc2ccccc2)c(C)n1. The van der Waals surface area contributed by atoms with Crippen molar-refractivity contribution < 1.29 is 9.59 Å². The van der Waals surface area contributed by atoms with Crippen LogP contribution in [0.2, 0.25) is 0 Å². The summed E-state index contributed by atoms with van der Waals surface area (Å²) in [5.74, 6) is -0.148. The van der Waals surface area contributed by atoms with Gasteiger partial charge in [-0.05, 0) is 37.7 Å². The minimum absolute atomic E-state index is 0.0707. The maximum Gasteiger partial charge on any atom is 0.222 e. The monoisotopic (exact) mass is 386 g/mol. The number of thioether (sulfide) groups is 1. The molecule has 0 spiro atoms. The maximum atomic E-state index is 12.0. The highest BCUT2D eigenvalue weighted by Crippen LogP contribution is 2.17. The lowest BCUT2D eigenvalue weighted by molar-refractivity contribution is -0.122. The van der Waals surface area contributed by atoms with Crippen LogP contribution in [-0.4, -0.2) is 34.6 Å². The summed E-state index contributed by atoms with van der Waals surface area (Å²) in [5.41, 5.74) is 3.90. The molecule has 0 bridgehead atoms. The van der Waals surface area contributed by atoms with Gasteiger partial charge in [-0.3, -0.25) is 9.59 Å². The van der Waals surface area contributed by atoms with Gasteiger partial charge in [0.25, 0.3) is 0 Å². The summed E-state index contributed by atoms with van der Waals surface area (Å²) in [4.78, 5) is 32.7. The number of nitrogens with one attached hydrogen (secondary N) is 2. The Morgan fingerprint density at radius 2 is 1.59 bits per heavy atom. The minimum atomic E-state index is -0.0769. The zero-order valence-electron chi connectivity index (χ0n) is 16.0. The summed E-state index contributed by atoms with van der Waals surface area (Å²) in [5, 5.41) is 6.40. The predicted octanol–water partition coefficient (Wildman–Crippen LogP) is 2.57. The van der Waals surface area contributed by atoms with Gasteiger partial charge in [0.15, 0.2) is 5.16 Å². The van der Waals surface area contributed by atoms with Gasteiger partial charge in [0, 0.05) is 37.3 Å². The van der Waals surface area contributed by atoms with Gasteiger partial charge >= 0.3 is 0 Å². The first-order valence-electron chi connectivity index (χ1n) is 8.95. The van der Waals surface area contributed by atoms with E-state index in [1.165, 1.54) is 11.8 Å². The molecule has 144 valence electrons. The Hall–Kier alpha value is -2.41. The molecular weight excluding hydrogens is 360 g/mol. The smallest absolute Gasteiger partial charge is 0.222 e. The second kappa shape index (κ2) is 10.7. The normalized spacial score (nSPS) is 10.5. The topological polar surface area (TPSA) is 84.0 Å². The quantitative estimate of drug-likeness (QED) is 0.511. The van der Waals surface area contributed by atoms with Crippen molar-refractivity contribution in [2.45, 2.75) is 44.8 Å². The molecule has 2 rings (SSSR count). The summed E-state index contributed by atoms with van der Waals surface area (Å²) < 4.78 is 0. The van der Waals surface area contributed by atoms with Crippen LogP contribution in [0.15, 0.2) is 35.5 Å². The third kappa shape index (κ3) is 7.02. The number of carbonyl (C=O) groups is 2. The van der Waals surface area contributed by atoms with Crippen molar-refractivity contribution in [3.8, 4) is 0 Å². The molecule has 0 fully saturated rings. The van der Waals surface area contributed by atoms with Gasteiger partial charge in [-0.2, -0.15) is 0 Å². The van der Waals surface area contributed by atoms with Gasteiger partial charge in [0.2, 0.25) is 11.8 Å². The third-order valence-electron chi connectivity index (χ3n) is 4.19. The lowest BCUT2D eigenvalue weighted by Gasteiger charge is -2.10. The number of rotatable bonds is 9. The first-order chi connectivity index (χ1) is 13.0. The van der Waals surface area contributed by atoms with Crippen molar-refractivity contribution in [1.82, 2.24) is 20.6 Å². The van der Waals surface area contributed by atoms with E-state index in [-0.39, 0.29) is 18.2 Å². The van der Waals surface area contributed by atoms with Crippen molar-refractivity contribution in [2.75, 3.05) is 12.8 Å². The van der Waals surface area contributed by atoms with Crippen molar-refractivity contribution in [1.29, 1.82) is 0 Å². The van der Waals surface area contributed by atoms with Gasteiger partial charge in [-0.25, -0.2) is 9.97 Å². The fraction of sp³-hybridized carbons (Fsp3) is 0.400. The van der Waals surface area contributed by atoms with Crippen LogP contribution >= 0.6 is 11.8 Å². The number of aryl methyl sites for hydroxylation is 2. The number of hydrogen-bond acceptors (Lipinski definition) is 5. The van der Waals surface area contributed by atoms with Crippen molar-refractivity contribution in [3.05, 3.63) is 52.8 Å². The highest BCUT2D eigenvalue weighted by Gasteiger charge is 2.11. The highest BCUT2D eigenvalue weighted by molar-refractivity contribution is 7.98. The Bertz CT molecular complexity index is 758. The number of benzene rings is 1. The molecule has 1 heterocycles. The molecule has 0 atom stereocenters. The van der Waals surface area contributed by atoms with E-state index in [1.807, 2.05) is 50.4 Å². The predicted molar refractivity (Wildman–Crippen MR) is 108 cm³/mol. The Kier molecular flexibility index (Phi) is 8.26. The Morgan fingerprint density at radius 1 is 0.963 bits per heavy atom. The van der Waals surface area contributed by atoms with Gasteiger partial charge in [0.1, 0.15) is 0 Å². The molecule has 0 saturated carbocycles. The molecule has 2 N–H and O–H groups in total. The van der Waals surface area contributed by atoms with Crippen LogP contribution in [0.4, 0.5) is 0 Å². The largest absolute Gasteiger partial charge is 0.356 e. The van der Waals surface area contributed by atoms with E-state index >= 15 is 0 Å². The molecule has 0 aliphatic carbocycles. The van der Waals surface area contributed by atoms with E-state index in [2.05, 4.69) is 20.6 Å². The van der Waals surface area contributed by atoms with Crippen LogP contribution in [0.1, 0.15) is 35.4 Å². The molecular formula is C20H26N4O2S. The van der Waals surface area contributed by atoms with Crippen LogP contribution in [0.3, 0.4) is 0 Å². The molecule has 0 radical (unpaired) electrons. The summed E-state index contributed by atoms with van der Waals surface area (Å²) in [7, 11) is 0. The molecule has 0 aliphatic rings. The number of carbonyl (C=O) groups excluding carboxylic acids is 2. The van der Waals surface area contributed by atoms with E-state index < -0.39 is 0 Å². The fourth-order valence-corrected chi connectivity index (χ4v) is 3.15. The molecule has 1 aromatic heterocycles. The van der Waals surface area contributed by atoms with Crippen molar-refractivity contribution in [2.24, 2.45) is 0 Å². The molecule has 27 heavy (non-hydrogen) atoms. The second-order valence-corrected chi connectivity index (χ2v) is 7.00. The minimum Gasteiger partial charge on any atom is -0.356 e. The van der Waals surface area contributed by atoms with Gasteiger partial charge < -0.3 is 10.6 Å². The molecule has 0 aliphatic heterocycles. The first kappa shape index (κ1) is 20.9. The number of hydrogen-bond donors (Lipinski definition) is 2. The summed E-state index contributed by atoms with van der Waals surface area (Å²) >= 11 is 1.51. The third-order valence-corrected chi connectivity index (χ3v) is 4.74. The number of amides is 2. The molecule has 0 unspecified atom stereocenters. The second-order valence-electron chi connectivity index (χ2n) is 6.22. The van der Waals surface area contributed by atoms with Crippen LogP contribution in [0, 0.1) is 13.8 Å². The first-order valence-corrected chi connectivity index (χ1v) is 10.2. The fourth-order valence-electron chi connectivity index (χ4n) is 2.69. The van der Waals surface area contributed by atoms with Crippen molar-refractivity contribution >= 4 is 23.6 Å². The highest BCUT2D eigenvalue weighted by atomic mass is 32.2. The lowest BCUT2D eigenvalue weighted by atomic mass is 10.1. The maximum absolute atomic E-state index is 12.0. The number of nitrogens with zero attached hydrogens (tertiary/aromatic N) is 2. The summed E-state index contributed by atoms with van der Waals surface area (Å²) in [6.07, 6.45) is 3.16. The Labute approximate surface area is 164 Å². The summed E-state index contributed by atoms with van der Waals surface area (Å²) in [6, 6.07) is 9.73. The zero-order chi connectivity index (χ0) is 19.6. The van der Waals surface area contributed by atoms with E-state index in [0.717, 1.165) is 27.7 Å². The molecule has 2 amide bonds. The average Bonchev–Trinajstić information content (AvgIpc) is 2.66. The molecule has 1 aromatic carbocycles.